The minimum atomic E-state index is -1.10. The van der Waals surface area contributed by atoms with Crippen molar-refractivity contribution in [1.29, 1.82) is 0 Å². The summed E-state index contributed by atoms with van der Waals surface area (Å²) < 4.78 is 0. The van der Waals surface area contributed by atoms with Crippen molar-refractivity contribution in [2.75, 3.05) is 5.32 Å². The Morgan fingerprint density at radius 2 is 1.88 bits per heavy atom. The summed E-state index contributed by atoms with van der Waals surface area (Å²) in [7, 11) is 0. The summed E-state index contributed by atoms with van der Waals surface area (Å²) >= 11 is 0. The molecule has 0 bridgehead atoms. The third-order valence-corrected chi connectivity index (χ3v) is 4.16. The van der Waals surface area contributed by atoms with E-state index in [9.17, 15) is 9.90 Å². The van der Waals surface area contributed by atoms with Crippen molar-refractivity contribution in [1.82, 2.24) is 0 Å². The van der Waals surface area contributed by atoms with Crippen LogP contribution < -0.4 is 5.32 Å². The Labute approximate surface area is 102 Å². The fourth-order valence-electron chi connectivity index (χ4n) is 2.55. The van der Waals surface area contributed by atoms with E-state index in [1.807, 2.05) is 26.8 Å². The van der Waals surface area contributed by atoms with E-state index in [1.54, 1.807) is 13.8 Å². The Morgan fingerprint density at radius 1 is 1.29 bits per heavy atom. The smallest absolute Gasteiger partial charge is 0.230 e. The van der Waals surface area contributed by atoms with Gasteiger partial charge in [0.1, 0.15) is 5.60 Å². The van der Waals surface area contributed by atoms with Crippen molar-refractivity contribution in [2.45, 2.75) is 40.2 Å². The highest BCUT2D eigenvalue weighted by Gasteiger charge is 2.42. The molecule has 0 saturated carbocycles. The Kier molecular flexibility index (Phi) is 2.54. The topological polar surface area (TPSA) is 49.3 Å². The third kappa shape index (κ3) is 1.57. The van der Waals surface area contributed by atoms with Crippen molar-refractivity contribution in [3.63, 3.8) is 0 Å². The van der Waals surface area contributed by atoms with Crippen LogP contribution in [0.1, 0.15) is 36.1 Å². The molecule has 1 aliphatic heterocycles. The number of hydrogen-bond acceptors (Lipinski definition) is 2. The van der Waals surface area contributed by atoms with Crippen molar-refractivity contribution in [3.05, 3.63) is 28.3 Å². The van der Waals surface area contributed by atoms with Gasteiger partial charge in [0.25, 0.3) is 0 Å². The average molecular weight is 233 g/mol. The van der Waals surface area contributed by atoms with Crippen LogP contribution in [0.4, 0.5) is 5.69 Å². The first-order chi connectivity index (χ1) is 7.76. The van der Waals surface area contributed by atoms with Crippen LogP contribution in [0.25, 0.3) is 0 Å². The number of aryl methyl sites for hydroxylation is 1. The van der Waals surface area contributed by atoms with Crippen LogP contribution in [0.3, 0.4) is 0 Å². The summed E-state index contributed by atoms with van der Waals surface area (Å²) in [6.07, 6.45) is 0. The molecular formula is C14H19NO2. The monoisotopic (exact) mass is 233 g/mol. The van der Waals surface area contributed by atoms with Crippen LogP contribution in [0.2, 0.25) is 0 Å². The van der Waals surface area contributed by atoms with Gasteiger partial charge in [-0.05, 0) is 50.5 Å². The van der Waals surface area contributed by atoms with E-state index in [2.05, 4.69) is 5.32 Å². The van der Waals surface area contributed by atoms with Crippen LogP contribution in [-0.2, 0) is 10.4 Å². The van der Waals surface area contributed by atoms with Gasteiger partial charge in [0.15, 0.2) is 0 Å². The van der Waals surface area contributed by atoms with Crippen molar-refractivity contribution >= 4 is 11.6 Å². The van der Waals surface area contributed by atoms with E-state index >= 15 is 0 Å². The molecule has 3 nitrogen and oxygen atoms in total. The second-order valence-corrected chi connectivity index (χ2v) is 5.22. The van der Waals surface area contributed by atoms with E-state index in [4.69, 9.17) is 0 Å². The number of anilines is 1. The number of nitrogens with one attached hydrogen (secondary N) is 1. The van der Waals surface area contributed by atoms with Crippen molar-refractivity contribution in [2.24, 2.45) is 5.92 Å². The molecule has 2 N–H and O–H groups in total. The molecule has 1 heterocycles. The number of fused-ring (bicyclic) bond motifs is 1. The summed E-state index contributed by atoms with van der Waals surface area (Å²) in [4.78, 5) is 11.8. The lowest BCUT2D eigenvalue weighted by atomic mass is 9.76. The summed E-state index contributed by atoms with van der Waals surface area (Å²) in [6.45, 7) is 9.54. The van der Waals surface area contributed by atoms with E-state index in [0.29, 0.717) is 0 Å². The molecule has 1 aromatic carbocycles. The van der Waals surface area contributed by atoms with Gasteiger partial charge in [-0.25, -0.2) is 0 Å². The number of amides is 1. The van der Waals surface area contributed by atoms with Gasteiger partial charge in [0.05, 0.1) is 5.92 Å². The number of carbonyl (C=O) groups excluding carboxylic acids is 1. The second kappa shape index (κ2) is 3.57. The Balaban J connectivity index is 2.77. The zero-order chi connectivity index (χ0) is 13.0. The average Bonchev–Trinajstić information content (AvgIpc) is 2.22. The Morgan fingerprint density at radius 3 is 2.47 bits per heavy atom. The molecule has 92 valence electrons. The summed E-state index contributed by atoms with van der Waals surface area (Å²) in [6, 6.07) is 1.94. The fraction of sp³-hybridized carbons (Fsp3) is 0.500. The van der Waals surface area contributed by atoms with Gasteiger partial charge in [-0.1, -0.05) is 6.92 Å². The molecular weight excluding hydrogens is 214 g/mol. The van der Waals surface area contributed by atoms with E-state index in [-0.39, 0.29) is 5.91 Å². The van der Waals surface area contributed by atoms with E-state index in [1.165, 1.54) is 5.56 Å². The van der Waals surface area contributed by atoms with E-state index in [0.717, 1.165) is 22.4 Å². The Hall–Kier alpha value is -1.35. The van der Waals surface area contributed by atoms with Gasteiger partial charge < -0.3 is 10.4 Å². The molecule has 17 heavy (non-hydrogen) atoms. The summed E-state index contributed by atoms with van der Waals surface area (Å²) in [5, 5.41) is 13.5. The number of aliphatic hydroxyl groups is 1. The molecule has 2 unspecified atom stereocenters. The second-order valence-electron chi connectivity index (χ2n) is 5.22. The minimum absolute atomic E-state index is 0.120. The standard InChI is InChI=1S/C14H19NO2/c1-7-6-11-12(9(3)8(7)2)14(5,17)10(4)13(16)15-11/h6,10,17H,1-5H3,(H,15,16). The molecule has 0 radical (unpaired) electrons. The lowest BCUT2D eigenvalue weighted by Gasteiger charge is -2.38. The maximum Gasteiger partial charge on any atom is 0.230 e. The SMILES string of the molecule is Cc1cc2c(c(C)c1C)C(C)(O)C(C)C(=O)N2. The van der Waals surface area contributed by atoms with Gasteiger partial charge in [0, 0.05) is 11.3 Å². The Bertz CT molecular complexity index is 503. The molecule has 1 amide bonds. The highest BCUT2D eigenvalue weighted by Crippen LogP contribution is 2.42. The quantitative estimate of drug-likeness (QED) is 0.723. The first-order valence-corrected chi connectivity index (χ1v) is 5.91. The molecule has 1 aliphatic rings. The predicted octanol–water partition coefficient (Wildman–Crippen LogP) is 2.41. The molecule has 0 saturated heterocycles. The lowest BCUT2D eigenvalue weighted by molar-refractivity contribution is -0.128. The maximum absolute atomic E-state index is 11.8. The van der Waals surface area contributed by atoms with Crippen LogP contribution in [0, 0.1) is 26.7 Å². The van der Waals surface area contributed by atoms with Crippen molar-refractivity contribution < 1.29 is 9.90 Å². The molecule has 1 aromatic rings. The third-order valence-electron chi connectivity index (χ3n) is 4.16. The van der Waals surface area contributed by atoms with Gasteiger partial charge in [-0.15, -0.1) is 0 Å². The molecule has 2 rings (SSSR count). The maximum atomic E-state index is 11.8. The molecule has 2 atom stereocenters. The zero-order valence-electron chi connectivity index (χ0n) is 11.0. The number of hydrogen-bond donors (Lipinski definition) is 2. The van der Waals surface area contributed by atoms with Crippen LogP contribution >= 0.6 is 0 Å². The predicted molar refractivity (Wildman–Crippen MR) is 68.0 cm³/mol. The van der Waals surface area contributed by atoms with Gasteiger partial charge in [-0.2, -0.15) is 0 Å². The number of benzene rings is 1. The van der Waals surface area contributed by atoms with Crippen LogP contribution in [0.5, 0.6) is 0 Å². The molecule has 0 aliphatic carbocycles. The van der Waals surface area contributed by atoms with Gasteiger partial charge >= 0.3 is 0 Å². The largest absolute Gasteiger partial charge is 0.385 e. The molecule has 3 heteroatoms. The van der Waals surface area contributed by atoms with Gasteiger partial charge in [0.2, 0.25) is 5.91 Å². The highest BCUT2D eigenvalue weighted by molar-refractivity contribution is 5.97. The molecule has 0 fully saturated rings. The van der Waals surface area contributed by atoms with Crippen LogP contribution in [0.15, 0.2) is 6.07 Å². The first-order valence-electron chi connectivity index (χ1n) is 5.91. The number of carbonyl (C=O) groups is 1. The first kappa shape index (κ1) is 12.1. The van der Waals surface area contributed by atoms with E-state index < -0.39 is 11.5 Å². The summed E-state index contributed by atoms with van der Waals surface area (Å²) in [5.74, 6) is -0.555. The molecule has 0 aromatic heterocycles. The summed E-state index contributed by atoms with van der Waals surface area (Å²) in [5.41, 5.74) is 3.88. The highest BCUT2D eigenvalue weighted by atomic mass is 16.3. The fourth-order valence-corrected chi connectivity index (χ4v) is 2.55. The minimum Gasteiger partial charge on any atom is -0.385 e. The molecule has 0 spiro atoms. The van der Waals surface area contributed by atoms with Gasteiger partial charge in [-0.3, -0.25) is 4.79 Å². The zero-order valence-corrected chi connectivity index (χ0v) is 11.0. The number of rotatable bonds is 0. The normalized spacial score (nSPS) is 27.6. The van der Waals surface area contributed by atoms with Crippen molar-refractivity contribution in [3.8, 4) is 0 Å². The van der Waals surface area contributed by atoms with Crippen LogP contribution in [-0.4, -0.2) is 11.0 Å². The lowest BCUT2D eigenvalue weighted by Crippen LogP contribution is -2.44.